The Hall–Kier alpha value is -4.60. The number of hydrogen-bond donors (Lipinski definition) is 1. The highest BCUT2D eigenvalue weighted by atomic mass is 16.7. The minimum atomic E-state index is -0.216. The third kappa shape index (κ3) is 5.29. The molecule has 0 amide bonds. The molecule has 204 valence electrons. The molecule has 41 heavy (non-hydrogen) atoms. The molecule has 0 spiro atoms. The van der Waals surface area contributed by atoms with Crippen LogP contribution in [0.4, 0.5) is 0 Å². The molecule has 0 saturated heterocycles. The topological polar surface area (TPSA) is 38.7 Å². The van der Waals surface area contributed by atoms with Crippen LogP contribution < -0.4 is 4.74 Å². The Labute approximate surface area is 241 Å². The zero-order valence-corrected chi connectivity index (χ0v) is 23.7. The van der Waals surface area contributed by atoms with E-state index in [2.05, 4.69) is 105 Å². The van der Waals surface area contributed by atoms with E-state index in [0.29, 0.717) is 11.7 Å². The third-order valence-electron chi connectivity index (χ3n) is 7.74. The molecule has 3 heteroatoms. The van der Waals surface area contributed by atoms with Gasteiger partial charge in [0.25, 0.3) is 0 Å². The second-order valence-electron chi connectivity index (χ2n) is 10.8. The van der Waals surface area contributed by atoms with Gasteiger partial charge in [-0.3, -0.25) is 0 Å². The first-order valence-electron chi connectivity index (χ1n) is 14.1. The van der Waals surface area contributed by atoms with E-state index in [-0.39, 0.29) is 6.29 Å². The number of methoxy groups -OCH3 is 1. The summed E-state index contributed by atoms with van der Waals surface area (Å²) in [6, 6.07) is 28.6. The summed E-state index contributed by atoms with van der Waals surface area (Å²) < 4.78 is 11.4. The van der Waals surface area contributed by atoms with Crippen LogP contribution in [-0.4, -0.2) is 18.5 Å². The molecule has 3 aliphatic rings. The second-order valence-corrected chi connectivity index (χ2v) is 10.8. The van der Waals surface area contributed by atoms with Crippen molar-refractivity contribution in [3.8, 4) is 11.5 Å². The van der Waals surface area contributed by atoms with Crippen molar-refractivity contribution in [3.63, 3.8) is 0 Å². The summed E-state index contributed by atoms with van der Waals surface area (Å²) in [6.45, 7) is 4.19. The lowest BCUT2D eigenvalue weighted by molar-refractivity contribution is -0.0825. The number of hydrogen-bond acceptors (Lipinski definition) is 3. The van der Waals surface area contributed by atoms with E-state index < -0.39 is 0 Å². The first-order valence-corrected chi connectivity index (χ1v) is 14.1. The molecule has 8 rings (SSSR count). The van der Waals surface area contributed by atoms with Crippen molar-refractivity contribution in [1.82, 2.24) is 0 Å². The van der Waals surface area contributed by atoms with E-state index in [9.17, 15) is 5.11 Å². The summed E-state index contributed by atoms with van der Waals surface area (Å²) in [5.74, 6) is 1.57. The summed E-state index contributed by atoms with van der Waals surface area (Å²) in [7, 11) is 1.69. The van der Waals surface area contributed by atoms with Gasteiger partial charge in [0.1, 0.15) is 11.5 Å². The summed E-state index contributed by atoms with van der Waals surface area (Å²) >= 11 is 0. The lowest BCUT2D eigenvalue weighted by atomic mass is 10.0. The minimum Gasteiger partial charge on any atom is -0.507 e. The van der Waals surface area contributed by atoms with Gasteiger partial charge in [-0.2, -0.15) is 0 Å². The lowest BCUT2D eigenvalue weighted by Gasteiger charge is -2.22. The highest BCUT2D eigenvalue weighted by Gasteiger charge is 2.18. The third-order valence-corrected chi connectivity index (χ3v) is 7.74. The fourth-order valence-electron chi connectivity index (χ4n) is 5.68. The number of fused-ring (bicyclic) bond motifs is 1. The van der Waals surface area contributed by atoms with Crippen LogP contribution in [0.3, 0.4) is 0 Å². The average Bonchev–Trinajstić information content (AvgIpc) is 3.75. The molecule has 0 aliphatic heterocycles. The quantitative estimate of drug-likeness (QED) is 0.227. The molecule has 1 N–H and O–H groups in total. The van der Waals surface area contributed by atoms with Crippen LogP contribution >= 0.6 is 0 Å². The van der Waals surface area contributed by atoms with Crippen LogP contribution in [0.25, 0.3) is 51.9 Å². The molecule has 0 radical (unpaired) electrons. The van der Waals surface area contributed by atoms with E-state index in [1.54, 1.807) is 13.2 Å². The molecular weight excluding hydrogens is 504 g/mol. The standard InChI is InChI=1S/C17H18O2.C12H8O.C9H8/c1-11(2)17(18-3)19-15-10-9-13-8-7-12-5-4-6-14(15)16(12)13;13-11-7-6-9-5-4-8-2-1-3-10(11)12(8)9;1-2-5-9-7-3-6-8(9)4-1/h4-11,17H,1-3H3;1-7,13H;1-6H,7H2. The molecule has 0 bridgehead atoms. The monoisotopic (exact) mass is 538 g/mol. The van der Waals surface area contributed by atoms with E-state index in [4.69, 9.17) is 9.47 Å². The van der Waals surface area contributed by atoms with Gasteiger partial charge in [0.15, 0.2) is 0 Å². The Bertz CT molecular complexity index is 1800. The van der Waals surface area contributed by atoms with Crippen LogP contribution in [0.5, 0.6) is 11.5 Å². The first kappa shape index (κ1) is 26.6. The van der Waals surface area contributed by atoms with Crippen molar-refractivity contribution in [2.24, 2.45) is 5.92 Å². The van der Waals surface area contributed by atoms with Crippen LogP contribution in [-0.2, 0) is 11.2 Å². The van der Waals surface area contributed by atoms with Crippen LogP contribution in [0.15, 0.2) is 91.0 Å². The number of rotatable bonds is 4. The van der Waals surface area contributed by atoms with Crippen molar-refractivity contribution in [1.29, 1.82) is 0 Å². The van der Waals surface area contributed by atoms with Crippen molar-refractivity contribution < 1.29 is 14.6 Å². The van der Waals surface area contributed by atoms with Crippen molar-refractivity contribution in [3.05, 3.63) is 124 Å². The molecule has 0 saturated carbocycles. The predicted molar refractivity (Wildman–Crippen MR) is 173 cm³/mol. The van der Waals surface area contributed by atoms with Gasteiger partial charge < -0.3 is 14.6 Å². The van der Waals surface area contributed by atoms with Crippen LogP contribution in [0.1, 0.15) is 47.2 Å². The summed E-state index contributed by atoms with van der Waals surface area (Å²) in [5, 5.41) is 14.2. The lowest BCUT2D eigenvalue weighted by Crippen LogP contribution is -2.25. The number of aromatic hydroxyl groups is 1. The maximum absolute atomic E-state index is 9.62. The molecular formula is C38H34O3. The van der Waals surface area contributed by atoms with E-state index in [1.165, 1.54) is 44.2 Å². The van der Waals surface area contributed by atoms with Gasteiger partial charge in [-0.1, -0.05) is 123 Å². The molecule has 1 unspecified atom stereocenters. The molecule has 5 aromatic rings. The van der Waals surface area contributed by atoms with Gasteiger partial charge in [-0.05, 0) is 62.7 Å². The molecule has 5 aromatic carbocycles. The van der Waals surface area contributed by atoms with Gasteiger partial charge in [0, 0.05) is 23.8 Å². The number of benzene rings is 5. The van der Waals surface area contributed by atoms with Crippen LogP contribution in [0.2, 0.25) is 0 Å². The maximum atomic E-state index is 9.62. The average molecular weight is 539 g/mol. The summed E-state index contributed by atoms with van der Waals surface area (Å²) in [6.07, 6.45) is 13.7. The number of phenols is 1. The second kappa shape index (κ2) is 11.5. The Balaban J connectivity index is 0.000000118. The Morgan fingerprint density at radius 2 is 1.20 bits per heavy atom. The van der Waals surface area contributed by atoms with E-state index in [0.717, 1.165) is 22.9 Å². The van der Waals surface area contributed by atoms with Gasteiger partial charge in [-0.25, -0.2) is 0 Å². The molecule has 1 atom stereocenters. The smallest absolute Gasteiger partial charge is 0.201 e. The Kier molecular flexibility index (Phi) is 7.45. The summed E-state index contributed by atoms with van der Waals surface area (Å²) in [5.41, 5.74) is 7.76. The molecule has 3 nitrogen and oxygen atoms in total. The molecule has 0 heterocycles. The largest absolute Gasteiger partial charge is 0.507 e. The number of phenolic OH excluding ortho intramolecular Hbond substituents is 1. The fourth-order valence-corrected chi connectivity index (χ4v) is 5.68. The van der Waals surface area contributed by atoms with Gasteiger partial charge in [-0.15, -0.1) is 0 Å². The zero-order valence-electron chi connectivity index (χ0n) is 23.7. The van der Waals surface area contributed by atoms with Crippen molar-refractivity contribution in [2.75, 3.05) is 7.11 Å². The Morgan fingerprint density at radius 1 is 0.610 bits per heavy atom. The van der Waals surface area contributed by atoms with Crippen LogP contribution in [0, 0.1) is 5.92 Å². The fraction of sp³-hybridized carbons (Fsp3) is 0.158. The molecule has 0 fully saturated rings. The van der Waals surface area contributed by atoms with Gasteiger partial charge in [0.2, 0.25) is 6.29 Å². The number of ether oxygens (including phenoxy) is 2. The van der Waals surface area contributed by atoms with Gasteiger partial charge >= 0.3 is 0 Å². The minimum absolute atomic E-state index is 0.216. The first-order chi connectivity index (χ1) is 20.0. The van der Waals surface area contributed by atoms with Gasteiger partial charge in [0.05, 0.1) is 0 Å². The SMILES string of the molecule is C1=Cc2ccccc2C1.COC(Oc1ccc2c3c(cccc13)C=C2)C(C)C.Oc1ccc2c3c(cccc13)C=C2. The highest BCUT2D eigenvalue weighted by Crippen LogP contribution is 2.37. The highest BCUT2D eigenvalue weighted by molar-refractivity contribution is 6.07. The molecule has 3 aliphatic carbocycles. The van der Waals surface area contributed by atoms with E-state index >= 15 is 0 Å². The van der Waals surface area contributed by atoms with E-state index in [1.807, 2.05) is 24.3 Å². The predicted octanol–water partition coefficient (Wildman–Crippen LogP) is 9.62. The normalized spacial score (nSPS) is 13.7. The number of allylic oxidation sites excluding steroid dienone is 1. The zero-order chi connectivity index (χ0) is 28.3. The Morgan fingerprint density at radius 3 is 1.85 bits per heavy atom. The van der Waals surface area contributed by atoms with Crippen molar-refractivity contribution in [2.45, 2.75) is 26.6 Å². The molecule has 0 aromatic heterocycles. The maximum Gasteiger partial charge on any atom is 0.201 e. The summed E-state index contributed by atoms with van der Waals surface area (Å²) in [4.78, 5) is 0. The van der Waals surface area contributed by atoms with Crippen molar-refractivity contribution >= 4 is 51.9 Å².